The van der Waals surface area contributed by atoms with Crippen molar-refractivity contribution in [2.45, 2.75) is 19.9 Å². The van der Waals surface area contributed by atoms with Gasteiger partial charge in [0.05, 0.1) is 17.9 Å². The van der Waals surface area contributed by atoms with Crippen LogP contribution < -0.4 is 16.0 Å². The van der Waals surface area contributed by atoms with Gasteiger partial charge in [-0.05, 0) is 26.0 Å². The van der Waals surface area contributed by atoms with Gasteiger partial charge in [-0.25, -0.2) is 0 Å². The van der Waals surface area contributed by atoms with Crippen LogP contribution in [-0.2, 0) is 4.79 Å². The maximum absolute atomic E-state index is 11.8. The van der Waals surface area contributed by atoms with E-state index in [1.54, 1.807) is 12.4 Å². The molecule has 5 nitrogen and oxygen atoms in total. The first-order valence-corrected chi connectivity index (χ1v) is 6.61. The highest BCUT2D eigenvalue weighted by molar-refractivity contribution is 5.99. The van der Waals surface area contributed by atoms with Gasteiger partial charge in [-0.15, -0.1) is 0 Å². The number of fused-ring (bicyclic) bond motifs is 1. The molecule has 20 heavy (non-hydrogen) atoms. The van der Waals surface area contributed by atoms with Crippen molar-refractivity contribution >= 4 is 28.1 Å². The number of hydrogen-bond donors (Lipinski definition) is 2. The Hall–Kier alpha value is -2.30. The molecule has 0 fully saturated rings. The summed E-state index contributed by atoms with van der Waals surface area (Å²) in [5, 5.41) is 4.82. The number of amides is 1. The first-order chi connectivity index (χ1) is 9.49. The smallest absolute Gasteiger partial charge is 0.239 e. The van der Waals surface area contributed by atoms with E-state index in [9.17, 15) is 4.79 Å². The van der Waals surface area contributed by atoms with E-state index in [-0.39, 0.29) is 18.5 Å². The fourth-order valence-corrected chi connectivity index (χ4v) is 2.18. The summed E-state index contributed by atoms with van der Waals surface area (Å²) < 4.78 is 0. The summed E-state index contributed by atoms with van der Waals surface area (Å²) in [6.45, 7) is 4.16. The lowest BCUT2D eigenvalue weighted by molar-refractivity contribution is -0.120. The predicted molar refractivity (Wildman–Crippen MR) is 82.7 cm³/mol. The van der Waals surface area contributed by atoms with Gasteiger partial charge >= 0.3 is 0 Å². The van der Waals surface area contributed by atoms with Crippen LogP contribution in [0.2, 0.25) is 0 Å². The zero-order valence-electron chi connectivity index (χ0n) is 12.1. The molecular formula is C15H20N4O. The third-order valence-corrected chi connectivity index (χ3v) is 3.08. The topological polar surface area (TPSA) is 71.2 Å². The van der Waals surface area contributed by atoms with E-state index in [1.807, 2.05) is 44.0 Å². The number of nitrogens with one attached hydrogen (secondary N) is 1. The Morgan fingerprint density at radius 2 is 2.15 bits per heavy atom. The normalized spacial score (nSPS) is 10.8. The largest absolute Gasteiger partial charge is 0.397 e. The number of rotatable bonds is 4. The maximum Gasteiger partial charge on any atom is 0.239 e. The van der Waals surface area contributed by atoms with Crippen LogP contribution in [0.25, 0.3) is 10.8 Å². The molecule has 2 aromatic rings. The third kappa shape index (κ3) is 2.99. The highest BCUT2D eigenvalue weighted by atomic mass is 16.2. The molecular weight excluding hydrogens is 252 g/mol. The summed E-state index contributed by atoms with van der Waals surface area (Å²) in [7, 11) is 1.86. The van der Waals surface area contributed by atoms with E-state index in [2.05, 4.69) is 10.3 Å². The van der Waals surface area contributed by atoms with Crippen LogP contribution in [0, 0.1) is 0 Å². The number of nitrogens with zero attached hydrogens (tertiary/aromatic N) is 2. The quantitative estimate of drug-likeness (QED) is 0.832. The summed E-state index contributed by atoms with van der Waals surface area (Å²) in [6, 6.07) is 5.90. The molecule has 0 saturated heterocycles. The molecule has 1 amide bonds. The number of aromatic nitrogens is 1. The molecule has 1 heterocycles. The van der Waals surface area contributed by atoms with Crippen LogP contribution in [-0.4, -0.2) is 30.5 Å². The third-order valence-electron chi connectivity index (χ3n) is 3.08. The van der Waals surface area contributed by atoms with Crippen molar-refractivity contribution in [1.29, 1.82) is 0 Å². The molecule has 0 radical (unpaired) electrons. The van der Waals surface area contributed by atoms with Crippen molar-refractivity contribution in [3.63, 3.8) is 0 Å². The van der Waals surface area contributed by atoms with Crippen molar-refractivity contribution in [1.82, 2.24) is 10.3 Å². The number of benzene rings is 1. The molecule has 2 rings (SSSR count). The number of carbonyl (C=O) groups excluding carboxylic acids is 1. The monoisotopic (exact) mass is 272 g/mol. The van der Waals surface area contributed by atoms with Crippen molar-refractivity contribution in [3.8, 4) is 0 Å². The van der Waals surface area contributed by atoms with Gasteiger partial charge < -0.3 is 16.0 Å². The molecule has 106 valence electrons. The standard InChI is InChI=1S/C15H20N4O/c1-10(2)18-14(20)9-19(3)13-5-4-11-8-17-7-6-12(11)15(13)16/h4-8,10H,9,16H2,1-3H3,(H,18,20). The Kier molecular flexibility index (Phi) is 4.08. The van der Waals surface area contributed by atoms with E-state index in [0.717, 1.165) is 16.5 Å². The van der Waals surface area contributed by atoms with Crippen molar-refractivity contribution in [2.24, 2.45) is 0 Å². The van der Waals surface area contributed by atoms with Gasteiger partial charge in [0.1, 0.15) is 0 Å². The number of nitrogens with two attached hydrogens (primary N) is 1. The van der Waals surface area contributed by atoms with Gasteiger partial charge in [0.2, 0.25) is 5.91 Å². The van der Waals surface area contributed by atoms with Crippen LogP contribution in [0.1, 0.15) is 13.8 Å². The number of carbonyl (C=O) groups is 1. The zero-order valence-corrected chi connectivity index (χ0v) is 12.1. The number of pyridine rings is 1. The van der Waals surface area contributed by atoms with E-state index in [1.165, 1.54) is 0 Å². The molecule has 0 saturated carbocycles. The number of hydrogen-bond acceptors (Lipinski definition) is 4. The summed E-state index contributed by atoms with van der Waals surface area (Å²) in [6.07, 6.45) is 3.49. The minimum Gasteiger partial charge on any atom is -0.397 e. The highest BCUT2D eigenvalue weighted by Gasteiger charge is 2.12. The summed E-state index contributed by atoms with van der Waals surface area (Å²) in [5.74, 6) is -0.0169. The van der Waals surface area contributed by atoms with Crippen LogP contribution in [0.3, 0.4) is 0 Å². The first-order valence-electron chi connectivity index (χ1n) is 6.61. The van der Waals surface area contributed by atoms with Crippen molar-refractivity contribution in [2.75, 3.05) is 24.2 Å². The summed E-state index contributed by atoms with van der Waals surface area (Å²) >= 11 is 0. The van der Waals surface area contributed by atoms with Crippen LogP contribution in [0.4, 0.5) is 11.4 Å². The van der Waals surface area contributed by atoms with Gasteiger partial charge in [-0.2, -0.15) is 0 Å². The van der Waals surface area contributed by atoms with E-state index in [0.29, 0.717) is 5.69 Å². The average Bonchev–Trinajstić information content (AvgIpc) is 2.38. The molecule has 0 aliphatic rings. The first kappa shape index (κ1) is 14.1. The molecule has 0 atom stereocenters. The molecule has 1 aromatic carbocycles. The van der Waals surface area contributed by atoms with Crippen LogP contribution in [0.15, 0.2) is 30.6 Å². The molecule has 0 aliphatic heterocycles. The Balaban J connectivity index is 2.24. The SMILES string of the molecule is CC(C)NC(=O)CN(C)c1ccc2cnccc2c1N. The Labute approximate surface area is 118 Å². The van der Waals surface area contributed by atoms with Gasteiger partial charge in [0.15, 0.2) is 0 Å². The van der Waals surface area contributed by atoms with Gasteiger partial charge in [0, 0.05) is 36.3 Å². The number of nitrogen functional groups attached to an aromatic ring is 1. The van der Waals surface area contributed by atoms with E-state index < -0.39 is 0 Å². The van der Waals surface area contributed by atoms with E-state index in [4.69, 9.17) is 5.73 Å². The van der Waals surface area contributed by atoms with Gasteiger partial charge in [0.25, 0.3) is 0 Å². The Morgan fingerprint density at radius 3 is 2.85 bits per heavy atom. The van der Waals surface area contributed by atoms with E-state index >= 15 is 0 Å². The average molecular weight is 272 g/mol. The fourth-order valence-electron chi connectivity index (χ4n) is 2.18. The molecule has 0 unspecified atom stereocenters. The van der Waals surface area contributed by atoms with Crippen molar-refractivity contribution < 1.29 is 4.79 Å². The highest BCUT2D eigenvalue weighted by Crippen LogP contribution is 2.30. The molecule has 0 aliphatic carbocycles. The van der Waals surface area contributed by atoms with Gasteiger partial charge in [-0.3, -0.25) is 9.78 Å². The molecule has 0 bridgehead atoms. The Morgan fingerprint density at radius 1 is 1.40 bits per heavy atom. The summed E-state index contributed by atoms with van der Waals surface area (Å²) in [5.41, 5.74) is 7.72. The molecule has 3 N–H and O–H groups in total. The lowest BCUT2D eigenvalue weighted by Crippen LogP contribution is -2.38. The Bertz CT molecular complexity index is 624. The lowest BCUT2D eigenvalue weighted by Gasteiger charge is -2.22. The fraction of sp³-hybridized carbons (Fsp3) is 0.333. The minimum atomic E-state index is -0.0169. The summed E-state index contributed by atoms with van der Waals surface area (Å²) in [4.78, 5) is 17.7. The second kappa shape index (κ2) is 5.77. The maximum atomic E-state index is 11.8. The lowest BCUT2D eigenvalue weighted by atomic mass is 10.1. The molecule has 0 spiro atoms. The number of likely N-dealkylation sites (N-methyl/N-ethyl adjacent to an activating group) is 1. The van der Waals surface area contributed by atoms with Crippen molar-refractivity contribution in [3.05, 3.63) is 30.6 Å². The van der Waals surface area contributed by atoms with Crippen LogP contribution >= 0.6 is 0 Å². The number of anilines is 2. The molecule has 1 aromatic heterocycles. The minimum absolute atomic E-state index is 0.0169. The van der Waals surface area contributed by atoms with Gasteiger partial charge in [-0.1, -0.05) is 6.07 Å². The molecule has 5 heteroatoms. The second-order valence-corrected chi connectivity index (χ2v) is 5.17. The predicted octanol–water partition coefficient (Wildman–Crippen LogP) is 1.78. The zero-order chi connectivity index (χ0) is 14.7. The second-order valence-electron chi connectivity index (χ2n) is 5.17. The van der Waals surface area contributed by atoms with Crippen LogP contribution in [0.5, 0.6) is 0 Å².